The summed E-state index contributed by atoms with van der Waals surface area (Å²) in [6, 6.07) is 5.86. The lowest BCUT2D eigenvalue weighted by atomic mass is 10.1. The number of nitrogens with one attached hydrogen (secondary N) is 1. The molecule has 0 heterocycles. The predicted octanol–water partition coefficient (Wildman–Crippen LogP) is 1.65. The summed E-state index contributed by atoms with van der Waals surface area (Å²) < 4.78 is 5.47. The zero-order valence-electron chi connectivity index (χ0n) is 9.58. The van der Waals surface area contributed by atoms with E-state index >= 15 is 0 Å². The molecule has 0 aliphatic heterocycles. The van der Waals surface area contributed by atoms with Gasteiger partial charge in [-0.1, -0.05) is 11.6 Å². The van der Waals surface area contributed by atoms with E-state index in [1.165, 1.54) is 0 Å². The predicted molar refractivity (Wildman–Crippen MR) is 61.2 cm³/mol. The van der Waals surface area contributed by atoms with E-state index in [1.807, 2.05) is 39.1 Å². The number of rotatable bonds is 5. The van der Waals surface area contributed by atoms with Gasteiger partial charge in [0, 0.05) is 12.1 Å². The highest BCUT2D eigenvalue weighted by atomic mass is 16.5. The molecule has 0 saturated heterocycles. The van der Waals surface area contributed by atoms with E-state index in [4.69, 9.17) is 4.74 Å². The molecule has 0 aliphatic carbocycles. The van der Waals surface area contributed by atoms with Crippen LogP contribution in [0.2, 0.25) is 0 Å². The minimum atomic E-state index is -0.517. The van der Waals surface area contributed by atoms with E-state index < -0.39 is 6.10 Å². The van der Waals surface area contributed by atoms with Crippen molar-refractivity contribution >= 4 is 0 Å². The highest BCUT2D eigenvalue weighted by Crippen LogP contribution is 2.26. The van der Waals surface area contributed by atoms with E-state index in [1.54, 1.807) is 0 Å². The summed E-state index contributed by atoms with van der Waals surface area (Å²) in [6.07, 6.45) is -0.517. The van der Waals surface area contributed by atoms with Crippen molar-refractivity contribution in [2.24, 2.45) is 0 Å². The standard InChI is InChI=1S/C12H19NO2/c1-4-15-12-6-5-9(2)7-10(12)11(14)8-13-3/h5-7,11,13-14H,4,8H2,1-3H3. The zero-order valence-corrected chi connectivity index (χ0v) is 9.58. The minimum absolute atomic E-state index is 0.517. The number of likely N-dealkylation sites (N-methyl/N-ethyl adjacent to an activating group) is 1. The fraction of sp³-hybridized carbons (Fsp3) is 0.500. The van der Waals surface area contributed by atoms with Crippen LogP contribution in [0, 0.1) is 6.92 Å². The van der Waals surface area contributed by atoms with Gasteiger partial charge in [-0.3, -0.25) is 0 Å². The molecule has 0 fully saturated rings. The monoisotopic (exact) mass is 209 g/mol. The van der Waals surface area contributed by atoms with Crippen LogP contribution in [0.4, 0.5) is 0 Å². The lowest BCUT2D eigenvalue weighted by Crippen LogP contribution is -2.17. The molecule has 0 spiro atoms. The maximum atomic E-state index is 9.91. The number of hydrogen-bond donors (Lipinski definition) is 2. The first-order valence-corrected chi connectivity index (χ1v) is 5.25. The third kappa shape index (κ3) is 3.22. The molecule has 1 unspecified atom stereocenters. The average Bonchev–Trinajstić information content (AvgIpc) is 2.21. The molecule has 1 rings (SSSR count). The first-order valence-electron chi connectivity index (χ1n) is 5.25. The Morgan fingerprint density at radius 3 is 2.80 bits per heavy atom. The number of hydrogen-bond acceptors (Lipinski definition) is 3. The SMILES string of the molecule is CCOc1ccc(C)cc1C(O)CNC. The molecular weight excluding hydrogens is 190 g/mol. The van der Waals surface area contributed by atoms with Crippen LogP contribution in [0.15, 0.2) is 18.2 Å². The summed E-state index contributed by atoms with van der Waals surface area (Å²) in [5, 5.41) is 12.9. The smallest absolute Gasteiger partial charge is 0.125 e. The summed E-state index contributed by atoms with van der Waals surface area (Å²) >= 11 is 0. The average molecular weight is 209 g/mol. The van der Waals surface area contributed by atoms with Crippen LogP contribution < -0.4 is 10.1 Å². The number of benzene rings is 1. The fourth-order valence-corrected chi connectivity index (χ4v) is 1.52. The van der Waals surface area contributed by atoms with Gasteiger partial charge >= 0.3 is 0 Å². The Balaban J connectivity index is 2.95. The van der Waals surface area contributed by atoms with Crippen LogP contribution in [0.3, 0.4) is 0 Å². The van der Waals surface area contributed by atoms with Crippen LogP contribution in [0.25, 0.3) is 0 Å². The lowest BCUT2D eigenvalue weighted by molar-refractivity contribution is 0.171. The van der Waals surface area contributed by atoms with Crippen LogP contribution >= 0.6 is 0 Å². The molecule has 3 heteroatoms. The summed E-state index contributed by atoms with van der Waals surface area (Å²) in [7, 11) is 1.82. The van der Waals surface area contributed by atoms with Gasteiger partial charge in [-0.15, -0.1) is 0 Å². The van der Waals surface area contributed by atoms with Crippen molar-refractivity contribution in [2.45, 2.75) is 20.0 Å². The Bertz CT molecular complexity index is 312. The van der Waals surface area contributed by atoms with Gasteiger partial charge in [0.2, 0.25) is 0 Å². The van der Waals surface area contributed by atoms with Gasteiger partial charge < -0.3 is 15.2 Å². The Morgan fingerprint density at radius 2 is 2.20 bits per heavy atom. The number of ether oxygens (including phenoxy) is 1. The van der Waals surface area contributed by atoms with Crippen molar-refractivity contribution in [3.05, 3.63) is 29.3 Å². The van der Waals surface area contributed by atoms with Crippen molar-refractivity contribution in [2.75, 3.05) is 20.2 Å². The normalized spacial score (nSPS) is 12.5. The number of aliphatic hydroxyl groups is 1. The van der Waals surface area contributed by atoms with Crippen LogP contribution in [0.1, 0.15) is 24.2 Å². The second-order valence-electron chi connectivity index (χ2n) is 3.55. The number of aliphatic hydroxyl groups excluding tert-OH is 1. The Hall–Kier alpha value is -1.06. The Kier molecular flexibility index (Phi) is 4.59. The first-order chi connectivity index (χ1) is 7.19. The molecule has 0 aliphatic rings. The second kappa shape index (κ2) is 5.73. The molecule has 1 aromatic rings. The molecule has 3 nitrogen and oxygen atoms in total. The molecule has 84 valence electrons. The van der Waals surface area contributed by atoms with Crippen LogP contribution in [-0.2, 0) is 0 Å². The molecule has 2 N–H and O–H groups in total. The molecule has 0 aromatic heterocycles. The van der Waals surface area contributed by atoms with Crippen molar-refractivity contribution in [1.29, 1.82) is 0 Å². The van der Waals surface area contributed by atoms with E-state index in [0.29, 0.717) is 13.2 Å². The third-order valence-electron chi connectivity index (χ3n) is 2.22. The summed E-state index contributed by atoms with van der Waals surface area (Å²) in [6.45, 7) is 5.09. The molecule has 1 aromatic carbocycles. The minimum Gasteiger partial charge on any atom is -0.493 e. The lowest BCUT2D eigenvalue weighted by Gasteiger charge is -2.16. The maximum Gasteiger partial charge on any atom is 0.125 e. The molecule has 0 bridgehead atoms. The van der Waals surface area contributed by atoms with Gasteiger partial charge in [-0.25, -0.2) is 0 Å². The molecule has 0 amide bonds. The van der Waals surface area contributed by atoms with Crippen LogP contribution in [0.5, 0.6) is 5.75 Å². The molecule has 15 heavy (non-hydrogen) atoms. The molecule has 0 saturated carbocycles. The van der Waals surface area contributed by atoms with Crippen molar-refractivity contribution in [3.63, 3.8) is 0 Å². The Morgan fingerprint density at radius 1 is 1.47 bits per heavy atom. The van der Waals surface area contributed by atoms with Gasteiger partial charge in [0.25, 0.3) is 0 Å². The second-order valence-corrected chi connectivity index (χ2v) is 3.55. The first kappa shape index (κ1) is 12.0. The highest BCUT2D eigenvalue weighted by Gasteiger charge is 2.12. The van der Waals surface area contributed by atoms with Crippen molar-refractivity contribution in [3.8, 4) is 5.75 Å². The van der Waals surface area contributed by atoms with E-state index in [-0.39, 0.29) is 0 Å². The van der Waals surface area contributed by atoms with Gasteiger partial charge in [0.15, 0.2) is 0 Å². The Labute approximate surface area is 91.1 Å². The van der Waals surface area contributed by atoms with Crippen LogP contribution in [-0.4, -0.2) is 25.3 Å². The maximum absolute atomic E-state index is 9.91. The van der Waals surface area contributed by atoms with Crippen molar-refractivity contribution in [1.82, 2.24) is 5.32 Å². The van der Waals surface area contributed by atoms with Crippen molar-refractivity contribution < 1.29 is 9.84 Å². The molecular formula is C12H19NO2. The van der Waals surface area contributed by atoms with Gasteiger partial charge in [-0.2, -0.15) is 0 Å². The fourth-order valence-electron chi connectivity index (χ4n) is 1.52. The van der Waals surface area contributed by atoms with Gasteiger partial charge in [0.05, 0.1) is 12.7 Å². The topological polar surface area (TPSA) is 41.5 Å². The van der Waals surface area contributed by atoms with Gasteiger partial charge in [-0.05, 0) is 33.0 Å². The molecule has 1 atom stereocenters. The zero-order chi connectivity index (χ0) is 11.3. The number of aryl methyl sites for hydroxylation is 1. The van der Waals surface area contributed by atoms with E-state index in [9.17, 15) is 5.11 Å². The summed E-state index contributed by atoms with van der Waals surface area (Å²) in [5.41, 5.74) is 1.98. The van der Waals surface area contributed by atoms with E-state index in [2.05, 4.69) is 5.32 Å². The molecule has 0 radical (unpaired) electrons. The largest absolute Gasteiger partial charge is 0.493 e. The van der Waals surface area contributed by atoms with E-state index in [0.717, 1.165) is 16.9 Å². The summed E-state index contributed by atoms with van der Waals surface area (Å²) in [5.74, 6) is 0.769. The third-order valence-corrected chi connectivity index (χ3v) is 2.22. The quantitative estimate of drug-likeness (QED) is 0.774. The summed E-state index contributed by atoms with van der Waals surface area (Å²) in [4.78, 5) is 0. The highest BCUT2D eigenvalue weighted by molar-refractivity contribution is 5.38. The van der Waals surface area contributed by atoms with Gasteiger partial charge in [0.1, 0.15) is 5.75 Å².